The predicted molar refractivity (Wildman–Crippen MR) is 144 cm³/mol. The number of pyridine rings is 1. The Morgan fingerprint density at radius 1 is 1.16 bits per heavy atom. The van der Waals surface area contributed by atoms with Crippen LogP contribution in [0, 0.1) is 6.92 Å². The van der Waals surface area contributed by atoms with Gasteiger partial charge in [0.1, 0.15) is 18.4 Å². The topological polar surface area (TPSA) is 83.6 Å². The van der Waals surface area contributed by atoms with Crippen LogP contribution in [0.2, 0.25) is 0 Å². The number of hydrogen-bond acceptors (Lipinski definition) is 5. The van der Waals surface area contributed by atoms with E-state index in [2.05, 4.69) is 34.3 Å². The van der Waals surface area contributed by atoms with Crippen LogP contribution in [0.15, 0.2) is 67.0 Å². The molecule has 7 heteroatoms. The van der Waals surface area contributed by atoms with Gasteiger partial charge in [-0.3, -0.25) is 14.6 Å². The highest BCUT2D eigenvalue weighted by molar-refractivity contribution is 5.89. The number of amides is 2. The van der Waals surface area contributed by atoms with E-state index >= 15 is 0 Å². The van der Waals surface area contributed by atoms with Gasteiger partial charge in [-0.25, -0.2) is 0 Å². The number of likely N-dealkylation sites (tertiary alicyclic amines) is 1. The molecule has 2 fully saturated rings. The molecule has 37 heavy (non-hydrogen) atoms. The van der Waals surface area contributed by atoms with Crippen LogP contribution < -0.4 is 15.4 Å². The summed E-state index contributed by atoms with van der Waals surface area (Å²) in [5.74, 6) is 1.43. The van der Waals surface area contributed by atoms with Crippen molar-refractivity contribution in [1.82, 2.24) is 20.5 Å². The maximum atomic E-state index is 13.5. The number of nitrogens with one attached hydrogen (secondary N) is 2. The molecule has 3 aromatic rings. The van der Waals surface area contributed by atoms with Crippen molar-refractivity contribution in [1.29, 1.82) is 0 Å². The first kappa shape index (κ1) is 24.8. The molecule has 2 unspecified atom stereocenters. The van der Waals surface area contributed by atoms with Crippen molar-refractivity contribution >= 4 is 22.7 Å². The van der Waals surface area contributed by atoms with E-state index in [0.29, 0.717) is 25.4 Å². The number of hydrogen-bond donors (Lipinski definition) is 2. The van der Waals surface area contributed by atoms with Crippen LogP contribution in [0.4, 0.5) is 0 Å². The van der Waals surface area contributed by atoms with E-state index in [1.54, 1.807) is 0 Å². The first-order chi connectivity index (χ1) is 17.8. The third-order valence-corrected chi connectivity index (χ3v) is 7.54. The van der Waals surface area contributed by atoms with E-state index < -0.39 is 5.41 Å². The molecule has 0 bridgehead atoms. The maximum absolute atomic E-state index is 13.5. The number of aryl methyl sites for hydroxylation is 1. The second kappa shape index (κ2) is 10.2. The monoisotopic (exact) mass is 498 g/mol. The molecule has 2 amide bonds. The van der Waals surface area contributed by atoms with E-state index in [4.69, 9.17) is 4.74 Å². The normalized spacial score (nSPS) is 21.7. The Labute approximate surface area is 217 Å². The van der Waals surface area contributed by atoms with Gasteiger partial charge in [-0.1, -0.05) is 36.9 Å². The smallest absolute Gasteiger partial charge is 0.247 e. The van der Waals surface area contributed by atoms with Gasteiger partial charge in [0.2, 0.25) is 11.8 Å². The lowest BCUT2D eigenvalue weighted by atomic mass is 9.75. The van der Waals surface area contributed by atoms with E-state index in [-0.39, 0.29) is 17.9 Å². The second-order valence-corrected chi connectivity index (χ2v) is 10.3. The fourth-order valence-electron chi connectivity index (χ4n) is 5.49. The highest BCUT2D eigenvalue weighted by atomic mass is 16.5. The summed E-state index contributed by atoms with van der Waals surface area (Å²) < 4.78 is 6.13. The zero-order valence-electron chi connectivity index (χ0n) is 21.5. The van der Waals surface area contributed by atoms with E-state index in [9.17, 15) is 9.59 Å². The number of nitrogens with zero attached hydrogens (tertiary/aromatic N) is 2. The number of para-hydroxylation sites is 1. The fraction of sp³-hybridized carbons (Fsp3) is 0.367. The Morgan fingerprint density at radius 3 is 2.70 bits per heavy atom. The number of ether oxygens (including phenoxy) is 1. The average Bonchev–Trinajstić information content (AvgIpc) is 3.21. The van der Waals surface area contributed by atoms with Gasteiger partial charge in [-0.05, 0) is 69.4 Å². The molecule has 3 heterocycles. The zero-order chi connectivity index (χ0) is 26.0. The Kier molecular flexibility index (Phi) is 6.87. The van der Waals surface area contributed by atoms with Crippen molar-refractivity contribution < 1.29 is 14.3 Å². The van der Waals surface area contributed by atoms with Gasteiger partial charge in [0.15, 0.2) is 0 Å². The molecule has 0 saturated carbocycles. The number of benzene rings is 2. The SMILES string of the molecule is C=C1NC(=O)C(CCCN2CCCC(C)(c3ccc(OCc4cc(C)nc5ccccc45)cc3)C2=O)N1. The van der Waals surface area contributed by atoms with Crippen LogP contribution in [-0.2, 0) is 21.6 Å². The van der Waals surface area contributed by atoms with Gasteiger partial charge < -0.3 is 20.3 Å². The van der Waals surface area contributed by atoms with E-state index in [1.807, 2.05) is 61.2 Å². The van der Waals surface area contributed by atoms with Gasteiger partial charge >= 0.3 is 0 Å². The van der Waals surface area contributed by atoms with Crippen LogP contribution >= 0.6 is 0 Å². The summed E-state index contributed by atoms with van der Waals surface area (Å²) in [6.45, 7) is 9.64. The number of fused-ring (bicyclic) bond motifs is 1. The Bertz CT molecular complexity index is 1340. The molecule has 2 N–H and O–H groups in total. The van der Waals surface area contributed by atoms with Gasteiger partial charge in [-0.2, -0.15) is 0 Å². The first-order valence-electron chi connectivity index (χ1n) is 13.0. The van der Waals surface area contributed by atoms with Gasteiger partial charge in [-0.15, -0.1) is 0 Å². The third kappa shape index (κ3) is 5.17. The quantitative estimate of drug-likeness (QED) is 0.483. The van der Waals surface area contributed by atoms with Gasteiger partial charge in [0.05, 0.1) is 16.8 Å². The number of rotatable bonds is 8. The average molecular weight is 499 g/mol. The Morgan fingerprint density at radius 2 is 1.95 bits per heavy atom. The number of carbonyl (C=O) groups is 2. The Balaban J connectivity index is 1.21. The summed E-state index contributed by atoms with van der Waals surface area (Å²) in [7, 11) is 0. The third-order valence-electron chi connectivity index (χ3n) is 7.54. The fourth-order valence-corrected chi connectivity index (χ4v) is 5.49. The summed E-state index contributed by atoms with van der Waals surface area (Å²) in [5.41, 5.74) is 3.48. The van der Waals surface area contributed by atoms with Gasteiger partial charge in [0.25, 0.3) is 0 Å². The van der Waals surface area contributed by atoms with E-state index in [0.717, 1.165) is 59.3 Å². The highest BCUT2D eigenvalue weighted by Gasteiger charge is 2.41. The summed E-state index contributed by atoms with van der Waals surface area (Å²) >= 11 is 0. The van der Waals surface area contributed by atoms with Gasteiger partial charge in [0, 0.05) is 29.7 Å². The molecule has 7 nitrogen and oxygen atoms in total. The molecular weight excluding hydrogens is 464 g/mol. The van der Waals surface area contributed by atoms with Crippen molar-refractivity contribution in [3.8, 4) is 5.75 Å². The van der Waals surface area contributed by atoms with Crippen LogP contribution in [0.25, 0.3) is 10.9 Å². The summed E-state index contributed by atoms with van der Waals surface area (Å²) in [5, 5.41) is 6.85. The number of piperidine rings is 1. The van der Waals surface area contributed by atoms with Crippen LogP contribution in [0.5, 0.6) is 5.75 Å². The molecule has 2 aromatic carbocycles. The lowest BCUT2D eigenvalue weighted by Gasteiger charge is -2.40. The molecule has 2 atom stereocenters. The Hall–Kier alpha value is -3.87. The molecule has 2 aliphatic rings. The lowest BCUT2D eigenvalue weighted by molar-refractivity contribution is -0.140. The molecular formula is C30H34N4O3. The summed E-state index contributed by atoms with van der Waals surface area (Å²) in [6.07, 6.45) is 3.20. The molecule has 0 radical (unpaired) electrons. The minimum Gasteiger partial charge on any atom is -0.489 e. The molecule has 0 spiro atoms. The van der Waals surface area contributed by atoms with Crippen LogP contribution in [0.3, 0.4) is 0 Å². The van der Waals surface area contributed by atoms with Crippen LogP contribution in [-0.4, -0.2) is 40.8 Å². The van der Waals surface area contributed by atoms with Crippen molar-refractivity contribution in [3.63, 3.8) is 0 Å². The van der Waals surface area contributed by atoms with Crippen molar-refractivity contribution in [2.75, 3.05) is 13.1 Å². The van der Waals surface area contributed by atoms with Crippen LogP contribution in [0.1, 0.15) is 49.4 Å². The number of aromatic nitrogens is 1. The highest BCUT2D eigenvalue weighted by Crippen LogP contribution is 2.36. The lowest BCUT2D eigenvalue weighted by Crippen LogP contribution is -2.50. The minimum atomic E-state index is -0.563. The maximum Gasteiger partial charge on any atom is 0.247 e. The molecule has 0 aliphatic carbocycles. The molecule has 2 saturated heterocycles. The van der Waals surface area contributed by atoms with Crippen molar-refractivity contribution in [2.24, 2.45) is 0 Å². The minimum absolute atomic E-state index is 0.0469. The molecule has 1 aromatic heterocycles. The molecule has 5 rings (SSSR count). The molecule has 192 valence electrons. The molecule has 2 aliphatic heterocycles. The largest absolute Gasteiger partial charge is 0.489 e. The number of carbonyl (C=O) groups excluding carboxylic acids is 2. The predicted octanol–water partition coefficient (Wildman–Crippen LogP) is 4.34. The second-order valence-electron chi connectivity index (χ2n) is 10.3. The summed E-state index contributed by atoms with van der Waals surface area (Å²) in [6, 6.07) is 17.9. The zero-order valence-corrected chi connectivity index (χ0v) is 21.5. The van der Waals surface area contributed by atoms with Crippen molar-refractivity contribution in [2.45, 2.75) is 57.6 Å². The summed E-state index contributed by atoms with van der Waals surface area (Å²) in [4.78, 5) is 32.0. The first-order valence-corrected chi connectivity index (χ1v) is 13.0. The van der Waals surface area contributed by atoms with E-state index in [1.165, 1.54) is 0 Å². The standard InChI is InChI=1S/C30H34N4O3/c1-20-18-22(25-8-4-5-9-26(25)31-20)19-37-24-13-11-23(12-14-24)30(3)15-7-17-34(29(30)36)16-6-10-27-28(35)33-21(2)32-27/h4-5,8-9,11-14,18,27,32H,2,6-7,10,15-17,19H2,1,3H3,(H,33,35). The van der Waals surface area contributed by atoms with Crippen molar-refractivity contribution in [3.05, 3.63) is 83.8 Å².